The standard InChI is InChI=1S/C35H29BrClFN2O6/c1-35-26(32(43)40(34(35)45)21-8-13-28(38)27(37)16-21)17-25-23(30(35)18-2-9-22(10-3-18)46-15-14-41)11-12-24-29(25)33(44)39(31(24)42)20-6-4-19(36)5-7-20/h2-11,13,16,24-26,29-30,41H,12,14-15,17H2,1H3/t24-,25+,26-,29-,30-,35+/m0/s1. The van der Waals surface area contributed by atoms with Crippen molar-refractivity contribution in [2.45, 2.75) is 25.7 Å². The van der Waals surface area contributed by atoms with E-state index >= 15 is 0 Å². The largest absolute Gasteiger partial charge is 0.491 e. The minimum Gasteiger partial charge on any atom is -0.491 e. The number of amides is 4. The topological polar surface area (TPSA) is 104 Å². The molecule has 11 heteroatoms. The molecule has 7 rings (SSSR count). The van der Waals surface area contributed by atoms with Crippen LogP contribution < -0.4 is 14.5 Å². The second-order valence-electron chi connectivity index (χ2n) is 12.4. The van der Waals surface area contributed by atoms with Gasteiger partial charge in [-0.15, -0.1) is 0 Å². The molecule has 1 saturated carbocycles. The van der Waals surface area contributed by atoms with E-state index < -0.39 is 52.6 Å². The summed E-state index contributed by atoms with van der Waals surface area (Å²) in [6.07, 6.45) is 2.50. The number of hydrogen-bond donors (Lipinski definition) is 1. The quantitative estimate of drug-likeness (QED) is 0.247. The van der Waals surface area contributed by atoms with Gasteiger partial charge < -0.3 is 9.84 Å². The molecular weight excluding hydrogens is 679 g/mol. The van der Waals surface area contributed by atoms with E-state index in [1.165, 1.54) is 17.0 Å². The molecule has 4 aliphatic rings. The van der Waals surface area contributed by atoms with Gasteiger partial charge in [0.05, 0.1) is 46.2 Å². The summed E-state index contributed by atoms with van der Waals surface area (Å²) in [5.74, 6) is -4.84. The van der Waals surface area contributed by atoms with Gasteiger partial charge in [-0.05, 0) is 85.8 Å². The lowest BCUT2D eigenvalue weighted by molar-refractivity contribution is -0.131. The number of benzene rings is 3. The van der Waals surface area contributed by atoms with Gasteiger partial charge in [-0.25, -0.2) is 9.29 Å². The summed E-state index contributed by atoms with van der Waals surface area (Å²) >= 11 is 9.48. The molecule has 0 radical (unpaired) electrons. The molecule has 3 fully saturated rings. The van der Waals surface area contributed by atoms with E-state index in [0.717, 1.165) is 26.6 Å². The number of hydrogen-bond acceptors (Lipinski definition) is 6. The van der Waals surface area contributed by atoms with Crippen LogP contribution in [0, 0.1) is 34.9 Å². The predicted octanol–water partition coefficient (Wildman–Crippen LogP) is 6.05. The first-order valence-electron chi connectivity index (χ1n) is 15.1. The molecule has 2 aliphatic carbocycles. The summed E-state index contributed by atoms with van der Waals surface area (Å²) in [6, 6.07) is 17.9. The van der Waals surface area contributed by atoms with Gasteiger partial charge in [0, 0.05) is 10.4 Å². The molecule has 0 spiro atoms. The molecule has 4 amide bonds. The fraction of sp³-hybridized carbons (Fsp3) is 0.314. The van der Waals surface area contributed by atoms with Crippen LogP contribution in [0.1, 0.15) is 31.2 Å². The highest BCUT2D eigenvalue weighted by molar-refractivity contribution is 9.10. The predicted molar refractivity (Wildman–Crippen MR) is 172 cm³/mol. The molecule has 3 aromatic carbocycles. The lowest BCUT2D eigenvalue weighted by Crippen LogP contribution is -2.48. The van der Waals surface area contributed by atoms with Crippen LogP contribution in [0.15, 0.2) is 82.9 Å². The van der Waals surface area contributed by atoms with Gasteiger partial charge >= 0.3 is 0 Å². The number of halogens is 3. The first-order chi connectivity index (χ1) is 22.1. The zero-order valence-corrected chi connectivity index (χ0v) is 27.0. The zero-order chi connectivity index (χ0) is 32.5. The Balaban J connectivity index is 1.34. The van der Waals surface area contributed by atoms with E-state index in [2.05, 4.69) is 15.9 Å². The molecule has 8 nitrogen and oxygen atoms in total. The lowest BCUT2D eigenvalue weighted by atomic mass is 9.51. The van der Waals surface area contributed by atoms with Crippen molar-refractivity contribution in [3.63, 3.8) is 0 Å². The summed E-state index contributed by atoms with van der Waals surface area (Å²) in [4.78, 5) is 59.0. The first kappa shape index (κ1) is 30.8. The van der Waals surface area contributed by atoms with Crippen LogP contribution in [0.3, 0.4) is 0 Å². The van der Waals surface area contributed by atoms with E-state index in [1.54, 1.807) is 43.3 Å². The van der Waals surface area contributed by atoms with Gasteiger partial charge in [0.15, 0.2) is 0 Å². The van der Waals surface area contributed by atoms with Gasteiger partial charge in [0.25, 0.3) is 0 Å². The number of nitrogens with zero attached hydrogens (tertiary/aromatic N) is 2. The highest BCUT2D eigenvalue weighted by atomic mass is 79.9. The number of ether oxygens (including phenoxy) is 1. The smallest absolute Gasteiger partial charge is 0.241 e. The van der Waals surface area contributed by atoms with Crippen molar-refractivity contribution in [3.05, 3.63) is 99.3 Å². The monoisotopic (exact) mass is 706 g/mol. The third-order valence-electron chi connectivity index (χ3n) is 10.1. The van der Waals surface area contributed by atoms with Crippen molar-refractivity contribution in [2.24, 2.45) is 29.1 Å². The van der Waals surface area contributed by atoms with E-state index in [0.29, 0.717) is 17.9 Å². The zero-order valence-electron chi connectivity index (χ0n) is 24.7. The van der Waals surface area contributed by atoms with Crippen molar-refractivity contribution in [1.82, 2.24) is 0 Å². The summed E-state index contributed by atoms with van der Waals surface area (Å²) in [6.45, 7) is 1.75. The number of carbonyl (C=O) groups is 4. The van der Waals surface area contributed by atoms with Gasteiger partial charge in [-0.2, -0.15) is 0 Å². The minimum atomic E-state index is -1.25. The third kappa shape index (κ3) is 4.56. The van der Waals surface area contributed by atoms with Crippen LogP contribution in [0.4, 0.5) is 15.8 Å². The lowest BCUT2D eigenvalue weighted by Gasteiger charge is -2.49. The van der Waals surface area contributed by atoms with Crippen LogP contribution in [0.5, 0.6) is 5.75 Å². The van der Waals surface area contributed by atoms with Gasteiger partial charge in [0.2, 0.25) is 23.6 Å². The van der Waals surface area contributed by atoms with Crippen molar-refractivity contribution in [1.29, 1.82) is 0 Å². The maximum absolute atomic E-state index is 14.5. The number of imide groups is 2. The number of carbonyl (C=O) groups excluding carboxylic acids is 4. The fourth-order valence-electron chi connectivity index (χ4n) is 8.03. The Bertz CT molecular complexity index is 1810. The van der Waals surface area contributed by atoms with Crippen molar-refractivity contribution in [2.75, 3.05) is 23.0 Å². The summed E-state index contributed by atoms with van der Waals surface area (Å²) < 4.78 is 20.5. The van der Waals surface area contributed by atoms with E-state index in [9.17, 15) is 28.7 Å². The van der Waals surface area contributed by atoms with Gasteiger partial charge in [-0.3, -0.25) is 24.1 Å². The van der Waals surface area contributed by atoms with Crippen molar-refractivity contribution < 1.29 is 33.4 Å². The molecule has 0 aromatic heterocycles. The van der Waals surface area contributed by atoms with E-state index in [4.69, 9.17) is 16.3 Å². The molecule has 1 N–H and O–H groups in total. The molecule has 236 valence electrons. The molecule has 6 atom stereocenters. The maximum atomic E-state index is 14.5. The second-order valence-corrected chi connectivity index (χ2v) is 13.7. The van der Waals surface area contributed by atoms with E-state index in [-0.39, 0.29) is 42.2 Å². The molecular formula is C35H29BrClFN2O6. The van der Waals surface area contributed by atoms with Crippen LogP contribution in [0.25, 0.3) is 0 Å². The van der Waals surface area contributed by atoms with Crippen LogP contribution in [-0.4, -0.2) is 41.9 Å². The second kappa shape index (κ2) is 11.4. The third-order valence-corrected chi connectivity index (χ3v) is 10.9. The van der Waals surface area contributed by atoms with E-state index in [1.807, 2.05) is 18.2 Å². The van der Waals surface area contributed by atoms with Crippen LogP contribution in [-0.2, 0) is 19.2 Å². The normalized spacial score (nSPS) is 28.6. The summed E-state index contributed by atoms with van der Waals surface area (Å²) in [5, 5.41) is 8.97. The number of anilines is 2. The number of aliphatic hydroxyl groups is 1. The van der Waals surface area contributed by atoms with Gasteiger partial charge in [0.1, 0.15) is 18.2 Å². The number of fused-ring (bicyclic) bond motifs is 4. The van der Waals surface area contributed by atoms with Crippen molar-refractivity contribution >= 4 is 62.5 Å². The molecule has 46 heavy (non-hydrogen) atoms. The molecule has 3 aromatic rings. The fourth-order valence-corrected chi connectivity index (χ4v) is 8.47. The Morgan fingerprint density at radius 2 is 1.63 bits per heavy atom. The maximum Gasteiger partial charge on any atom is 0.241 e. The summed E-state index contributed by atoms with van der Waals surface area (Å²) in [7, 11) is 0. The Labute approximate surface area is 277 Å². The van der Waals surface area contributed by atoms with Crippen LogP contribution in [0.2, 0.25) is 5.02 Å². The molecule has 2 aliphatic heterocycles. The average Bonchev–Trinajstić information content (AvgIpc) is 3.41. The number of rotatable bonds is 6. The minimum absolute atomic E-state index is 0.117. The Morgan fingerprint density at radius 1 is 0.935 bits per heavy atom. The number of allylic oxidation sites excluding steroid dienone is 2. The molecule has 0 bridgehead atoms. The van der Waals surface area contributed by atoms with Crippen molar-refractivity contribution in [3.8, 4) is 5.75 Å². The average molecular weight is 708 g/mol. The number of aliphatic hydroxyl groups excluding tert-OH is 1. The Kier molecular flexibility index (Phi) is 7.65. The Hall–Kier alpha value is -3.86. The first-order valence-corrected chi connectivity index (χ1v) is 16.2. The highest BCUT2D eigenvalue weighted by Gasteiger charge is 2.67. The Morgan fingerprint density at radius 3 is 2.30 bits per heavy atom. The summed E-state index contributed by atoms with van der Waals surface area (Å²) in [5.41, 5.74) is 1.00. The van der Waals surface area contributed by atoms with Gasteiger partial charge in [-0.1, -0.05) is 51.3 Å². The SMILES string of the molecule is C[C@@]12C(=O)N(c3ccc(F)c(Cl)c3)C(=O)[C@@H]1C[C@@H]1C(=CC[C@@H]3C(=O)N(c4ccc(Br)cc4)C(=O)[C@@H]31)[C@@H]2c1ccc(OCCO)cc1. The molecule has 0 unspecified atom stereocenters. The van der Waals surface area contributed by atoms with Crippen LogP contribution >= 0.6 is 27.5 Å². The molecule has 2 saturated heterocycles. The molecule has 2 heterocycles. The highest BCUT2D eigenvalue weighted by Crippen LogP contribution is 2.63.